The number of hydrogen-bond acceptors (Lipinski definition) is 5. The number of H-pyrrole nitrogens is 1. The maximum atomic E-state index is 13.1. The third kappa shape index (κ3) is 4.42. The molecule has 3 saturated carbocycles. The number of hydrogen-bond donors (Lipinski definition) is 1. The lowest BCUT2D eigenvalue weighted by molar-refractivity contribution is -0.137. The van der Waals surface area contributed by atoms with Crippen molar-refractivity contribution >= 4 is 15.9 Å². The number of nitrogens with one attached hydrogen (secondary N) is 1. The second kappa shape index (κ2) is 8.20. The molecule has 1 aromatic heterocycles. The van der Waals surface area contributed by atoms with Crippen molar-refractivity contribution in [2.45, 2.75) is 67.9 Å². The van der Waals surface area contributed by atoms with Gasteiger partial charge < -0.3 is 9.80 Å². The van der Waals surface area contributed by atoms with Crippen LogP contribution in [-0.4, -0.2) is 71.9 Å². The number of alkyl halides is 3. The minimum atomic E-state index is -4.59. The molecule has 0 atom stereocenters. The summed E-state index contributed by atoms with van der Waals surface area (Å²) in [5.41, 5.74) is -0.234. The van der Waals surface area contributed by atoms with E-state index in [0.29, 0.717) is 36.9 Å². The monoisotopic (exact) mass is 563 g/mol. The Labute approximate surface area is 225 Å². The minimum absolute atomic E-state index is 0.0620. The van der Waals surface area contributed by atoms with Crippen LogP contribution >= 0.6 is 0 Å². The second-order valence-corrected chi connectivity index (χ2v) is 15.0. The molecule has 12 heteroatoms. The predicted octanol–water partition coefficient (Wildman–Crippen LogP) is 4.36. The summed E-state index contributed by atoms with van der Waals surface area (Å²) in [6.07, 6.45) is 2.95. The number of benzene rings is 1. The number of sulfone groups is 1. The van der Waals surface area contributed by atoms with Gasteiger partial charge in [-0.05, 0) is 68.6 Å². The van der Waals surface area contributed by atoms with Crippen LogP contribution in [0.25, 0.3) is 0 Å². The van der Waals surface area contributed by atoms with Gasteiger partial charge in [-0.15, -0.1) is 0 Å². The molecular formula is C27H32F3N5O3S. The van der Waals surface area contributed by atoms with E-state index in [1.54, 1.807) is 0 Å². The number of nitrogens with zero attached hydrogens (tertiary/aromatic N) is 4. The molecule has 0 radical (unpaired) electrons. The summed E-state index contributed by atoms with van der Waals surface area (Å²) < 4.78 is 63.7. The van der Waals surface area contributed by atoms with Gasteiger partial charge in [-0.3, -0.25) is 5.10 Å². The lowest BCUT2D eigenvalue weighted by Gasteiger charge is -2.63. The maximum Gasteiger partial charge on any atom is 0.416 e. The first kappa shape index (κ1) is 25.3. The van der Waals surface area contributed by atoms with Gasteiger partial charge in [0.25, 0.3) is 0 Å². The van der Waals surface area contributed by atoms with E-state index in [1.165, 1.54) is 18.9 Å². The summed E-state index contributed by atoms with van der Waals surface area (Å²) in [7, 11) is -3.79. The van der Waals surface area contributed by atoms with Crippen LogP contribution in [0.4, 0.5) is 18.0 Å². The highest BCUT2D eigenvalue weighted by Gasteiger charge is 2.58. The van der Waals surface area contributed by atoms with Crippen LogP contribution < -0.4 is 0 Å². The average Bonchev–Trinajstić information content (AvgIpc) is 3.48. The maximum absolute atomic E-state index is 13.1. The van der Waals surface area contributed by atoms with Gasteiger partial charge in [-0.1, -0.05) is 6.07 Å². The van der Waals surface area contributed by atoms with Gasteiger partial charge in [-0.2, -0.15) is 18.3 Å². The molecule has 2 aromatic rings. The first-order valence-corrected chi connectivity index (χ1v) is 15.6. The van der Waals surface area contributed by atoms with E-state index in [4.69, 9.17) is 0 Å². The summed E-state index contributed by atoms with van der Waals surface area (Å²) in [6.45, 7) is 2.97. The Morgan fingerprint density at radius 2 is 1.64 bits per heavy atom. The normalized spacial score (nSPS) is 24.3. The Kier molecular flexibility index (Phi) is 5.33. The zero-order valence-corrected chi connectivity index (χ0v) is 22.6. The predicted molar refractivity (Wildman–Crippen MR) is 135 cm³/mol. The van der Waals surface area contributed by atoms with Gasteiger partial charge >= 0.3 is 12.2 Å². The van der Waals surface area contributed by atoms with Crippen LogP contribution in [0.3, 0.4) is 0 Å². The molecule has 8 nitrogen and oxygen atoms in total. The number of urea groups is 1. The Morgan fingerprint density at radius 1 is 1.03 bits per heavy atom. The van der Waals surface area contributed by atoms with Crippen LogP contribution in [0.2, 0.25) is 0 Å². The second-order valence-electron chi connectivity index (χ2n) is 13.0. The molecule has 2 spiro atoms. The van der Waals surface area contributed by atoms with Crippen molar-refractivity contribution in [3.63, 3.8) is 0 Å². The summed E-state index contributed by atoms with van der Waals surface area (Å²) >= 11 is 0. The topological polar surface area (TPSA) is 99.3 Å². The molecule has 39 heavy (non-hydrogen) atoms. The highest BCUT2D eigenvalue weighted by Crippen LogP contribution is 2.57. The number of rotatable bonds is 5. The van der Waals surface area contributed by atoms with Crippen LogP contribution in [0.5, 0.6) is 0 Å². The Hall–Kier alpha value is -2.63. The molecule has 210 valence electrons. The van der Waals surface area contributed by atoms with Gasteiger partial charge in [0.2, 0.25) is 0 Å². The molecule has 2 aliphatic heterocycles. The van der Waals surface area contributed by atoms with Crippen molar-refractivity contribution in [3.8, 4) is 0 Å². The van der Waals surface area contributed by atoms with Crippen molar-refractivity contribution in [2.24, 2.45) is 16.7 Å². The molecule has 0 bridgehead atoms. The van der Waals surface area contributed by atoms with E-state index < -0.39 is 21.6 Å². The Balaban J connectivity index is 0.881. The first-order valence-electron chi connectivity index (χ1n) is 13.7. The fourth-order valence-corrected chi connectivity index (χ4v) is 8.53. The molecule has 5 aliphatic rings. The summed E-state index contributed by atoms with van der Waals surface area (Å²) in [4.78, 5) is 21.3. The van der Waals surface area contributed by atoms with Crippen LogP contribution in [0.15, 0.2) is 23.1 Å². The largest absolute Gasteiger partial charge is 0.416 e. The molecule has 3 heterocycles. The first-order chi connectivity index (χ1) is 18.3. The number of halogens is 3. The third-order valence-corrected chi connectivity index (χ3v) is 10.8. The van der Waals surface area contributed by atoms with Gasteiger partial charge in [0.1, 0.15) is 5.82 Å². The molecule has 2 amide bonds. The fraction of sp³-hybridized carbons (Fsp3) is 0.667. The number of carbonyl (C=O) groups is 1. The lowest BCUT2D eigenvalue weighted by atomic mass is 9.56. The molecular weight excluding hydrogens is 531 g/mol. The van der Waals surface area contributed by atoms with Crippen molar-refractivity contribution in [1.82, 2.24) is 25.0 Å². The van der Waals surface area contributed by atoms with Crippen LogP contribution in [0.1, 0.15) is 73.1 Å². The minimum Gasteiger partial charge on any atom is -0.323 e. The zero-order chi connectivity index (χ0) is 27.4. The van der Waals surface area contributed by atoms with Crippen molar-refractivity contribution < 1.29 is 26.4 Å². The van der Waals surface area contributed by atoms with Gasteiger partial charge in [0, 0.05) is 55.1 Å². The molecule has 1 N–H and O–H groups in total. The SMILES string of the molecule is CS(=O)(=O)c1cc(C(F)(F)F)ccc1CC1CC2(C1)CN(C(=O)N1CC3(CC(c4n[nH]c(C5CC5)n4)C3)C1)C2. The standard InChI is InChI=1S/C27H32F3N5O3S/c1-39(37,38)21-7-20(27(28,29)30)5-4-18(21)6-16-8-25(9-16)12-34(13-25)24(36)35-14-26(15-35)10-19(11-26)23-31-22(32-33-23)17-2-3-17/h4-5,7,16-17,19H,2-3,6,8-15H2,1H3,(H,31,32,33). The number of amides is 2. The van der Waals surface area contributed by atoms with E-state index in [9.17, 15) is 26.4 Å². The molecule has 5 fully saturated rings. The van der Waals surface area contributed by atoms with Crippen LogP contribution in [-0.2, 0) is 22.4 Å². The highest BCUT2D eigenvalue weighted by atomic mass is 32.2. The Bertz CT molecular complexity index is 1420. The van der Waals surface area contributed by atoms with E-state index in [0.717, 1.165) is 68.8 Å². The number of carbonyl (C=O) groups excluding carboxylic acids is 1. The number of aromatic amines is 1. The van der Waals surface area contributed by atoms with E-state index in [2.05, 4.69) is 15.2 Å². The zero-order valence-electron chi connectivity index (χ0n) is 21.8. The van der Waals surface area contributed by atoms with Gasteiger partial charge in [0.05, 0.1) is 10.5 Å². The summed E-state index contributed by atoms with van der Waals surface area (Å²) in [5.74, 6) is 3.11. The van der Waals surface area contributed by atoms with Crippen molar-refractivity contribution in [2.75, 3.05) is 32.4 Å². The van der Waals surface area contributed by atoms with Crippen molar-refractivity contribution in [1.29, 1.82) is 0 Å². The van der Waals surface area contributed by atoms with Gasteiger partial charge in [0.15, 0.2) is 15.7 Å². The molecule has 0 unspecified atom stereocenters. The highest BCUT2D eigenvalue weighted by molar-refractivity contribution is 7.90. The average molecular weight is 564 g/mol. The third-order valence-electron chi connectivity index (χ3n) is 9.60. The fourth-order valence-electron chi connectivity index (χ4n) is 7.56. The van der Waals surface area contributed by atoms with Gasteiger partial charge in [-0.25, -0.2) is 18.2 Å². The summed E-state index contributed by atoms with van der Waals surface area (Å²) in [6, 6.07) is 3.11. The van der Waals surface area contributed by atoms with E-state index in [-0.39, 0.29) is 27.7 Å². The number of likely N-dealkylation sites (tertiary alicyclic amines) is 2. The smallest absolute Gasteiger partial charge is 0.323 e. The summed E-state index contributed by atoms with van der Waals surface area (Å²) in [5, 5.41) is 7.51. The molecule has 2 saturated heterocycles. The number of aromatic nitrogens is 3. The van der Waals surface area contributed by atoms with E-state index in [1.807, 2.05) is 9.80 Å². The lowest BCUT2D eigenvalue weighted by Crippen LogP contribution is -2.71. The molecule has 7 rings (SSSR count). The molecule has 1 aromatic carbocycles. The van der Waals surface area contributed by atoms with E-state index >= 15 is 0 Å². The quantitative estimate of drug-likeness (QED) is 0.583. The molecule has 3 aliphatic carbocycles. The Morgan fingerprint density at radius 3 is 2.21 bits per heavy atom. The van der Waals surface area contributed by atoms with Crippen molar-refractivity contribution in [3.05, 3.63) is 41.0 Å². The van der Waals surface area contributed by atoms with Crippen LogP contribution in [0, 0.1) is 16.7 Å².